The maximum absolute atomic E-state index is 13.9. The monoisotopic (exact) mass is 276 g/mol. The highest BCUT2D eigenvalue weighted by molar-refractivity contribution is 9.10. The number of aliphatic hydroxyl groups excluding tert-OH is 1. The van der Waals surface area contributed by atoms with Crippen molar-refractivity contribution in [2.45, 2.75) is 19.3 Å². The summed E-state index contributed by atoms with van der Waals surface area (Å²) in [4.78, 5) is 0. The first-order chi connectivity index (χ1) is 6.92. The summed E-state index contributed by atoms with van der Waals surface area (Å²) in [5.41, 5.74) is -0.183. The molecule has 1 aromatic carbocycles. The van der Waals surface area contributed by atoms with Gasteiger partial charge in [0.05, 0.1) is 13.7 Å². The molecule has 2 nitrogen and oxygen atoms in total. The molecule has 0 atom stereocenters. The zero-order valence-electron chi connectivity index (χ0n) is 8.97. The third kappa shape index (κ3) is 2.49. The molecule has 0 unspecified atom stereocenters. The van der Waals surface area contributed by atoms with E-state index in [1.54, 1.807) is 26.0 Å². The average Bonchev–Trinajstić information content (AvgIpc) is 2.20. The van der Waals surface area contributed by atoms with Crippen molar-refractivity contribution in [1.29, 1.82) is 0 Å². The van der Waals surface area contributed by atoms with Gasteiger partial charge in [0.2, 0.25) is 0 Å². The van der Waals surface area contributed by atoms with Gasteiger partial charge < -0.3 is 9.84 Å². The topological polar surface area (TPSA) is 29.5 Å². The highest BCUT2D eigenvalue weighted by Gasteiger charge is 2.25. The number of hydrogen-bond acceptors (Lipinski definition) is 2. The molecule has 84 valence electrons. The summed E-state index contributed by atoms with van der Waals surface area (Å²) >= 11 is 3.28. The number of halogens is 2. The van der Waals surface area contributed by atoms with Crippen molar-refractivity contribution in [2.75, 3.05) is 13.7 Å². The van der Waals surface area contributed by atoms with E-state index in [9.17, 15) is 9.50 Å². The molecule has 0 saturated heterocycles. The van der Waals surface area contributed by atoms with Crippen LogP contribution in [0.1, 0.15) is 19.4 Å². The third-order valence-electron chi connectivity index (χ3n) is 2.35. The SMILES string of the molecule is COc1cc(Br)cc(C(C)(C)CO)c1F. The van der Waals surface area contributed by atoms with Crippen LogP contribution in [0.5, 0.6) is 5.75 Å². The van der Waals surface area contributed by atoms with Gasteiger partial charge in [-0.05, 0) is 12.1 Å². The van der Waals surface area contributed by atoms with Gasteiger partial charge in [0.1, 0.15) is 0 Å². The van der Waals surface area contributed by atoms with Gasteiger partial charge >= 0.3 is 0 Å². The predicted octanol–water partition coefficient (Wildman–Crippen LogP) is 2.87. The molecule has 1 aromatic rings. The lowest BCUT2D eigenvalue weighted by Crippen LogP contribution is -2.23. The maximum atomic E-state index is 13.9. The van der Waals surface area contributed by atoms with Crippen molar-refractivity contribution < 1.29 is 14.2 Å². The number of methoxy groups -OCH3 is 1. The van der Waals surface area contributed by atoms with Crippen LogP contribution in [0.2, 0.25) is 0 Å². The second kappa shape index (κ2) is 4.49. The Kier molecular flexibility index (Phi) is 3.73. The Labute approximate surface area is 97.2 Å². The Bertz CT molecular complexity index is 364. The molecule has 0 aliphatic carbocycles. The molecule has 0 aromatic heterocycles. The Morgan fingerprint density at radius 1 is 1.47 bits per heavy atom. The second-order valence-corrected chi connectivity index (χ2v) is 4.93. The lowest BCUT2D eigenvalue weighted by molar-refractivity contribution is 0.214. The Morgan fingerprint density at radius 2 is 2.07 bits per heavy atom. The number of hydrogen-bond donors (Lipinski definition) is 1. The predicted molar refractivity (Wildman–Crippen MR) is 60.8 cm³/mol. The average molecular weight is 277 g/mol. The van der Waals surface area contributed by atoms with Gasteiger partial charge in [0.15, 0.2) is 11.6 Å². The number of rotatable bonds is 3. The van der Waals surface area contributed by atoms with Gasteiger partial charge in [-0.15, -0.1) is 0 Å². The third-order valence-corrected chi connectivity index (χ3v) is 2.81. The van der Waals surface area contributed by atoms with Gasteiger partial charge in [-0.25, -0.2) is 4.39 Å². The first kappa shape index (κ1) is 12.5. The molecule has 1 rings (SSSR count). The molecule has 0 saturated carbocycles. The quantitative estimate of drug-likeness (QED) is 0.920. The maximum Gasteiger partial charge on any atom is 0.168 e. The summed E-state index contributed by atoms with van der Waals surface area (Å²) in [5.74, 6) is -0.236. The van der Waals surface area contributed by atoms with Crippen LogP contribution < -0.4 is 4.74 Å². The minimum absolute atomic E-state index is 0.122. The largest absolute Gasteiger partial charge is 0.494 e. The first-order valence-electron chi connectivity index (χ1n) is 4.56. The smallest absolute Gasteiger partial charge is 0.168 e. The van der Waals surface area contributed by atoms with Crippen LogP contribution in [0, 0.1) is 5.82 Å². The van der Waals surface area contributed by atoms with Crippen LogP contribution in [0.15, 0.2) is 16.6 Å². The zero-order valence-corrected chi connectivity index (χ0v) is 10.6. The molecule has 0 bridgehead atoms. The van der Waals surface area contributed by atoms with Crippen LogP contribution in [-0.2, 0) is 5.41 Å². The van der Waals surface area contributed by atoms with Crippen molar-refractivity contribution in [3.63, 3.8) is 0 Å². The van der Waals surface area contributed by atoms with E-state index in [0.717, 1.165) is 4.47 Å². The van der Waals surface area contributed by atoms with Gasteiger partial charge in [-0.2, -0.15) is 0 Å². The highest BCUT2D eigenvalue weighted by atomic mass is 79.9. The van der Waals surface area contributed by atoms with Gasteiger partial charge in [0.25, 0.3) is 0 Å². The molecule has 0 aliphatic rings. The van der Waals surface area contributed by atoms with E-state index < -0.39 is 11.2 Å². The normalized spacial score (nSPS) is 11.6. The molecule has 0 aliphatic heterocycles. The fourth-order valence-electron chi connectivity index (χ4n) is 1.29. The standard InChI is InChI=1S/C11H14BrFO2/c1-11(2,6-14)8-4-7(12)5-9(15-3)10(8)13/h4-5,14H,6H2,1-3H3. The van der Waals surface area contributed by atoms with E-state index in [4.69, 9.17) is 4.74 Å². The molecule has 4 heteroatoms. The fraction of sp³-hybridized carbons (Fsp3) is 0.455. The molecular weight excluding hydrogens is 263 g/mol. The Hall–Kier alpha value is -0.610. The fourth-order valence-corrected chi connectivity index (χ4v) is 1.73. The first-order valence-corrected chi connectivity index (χ1v) is 5.36. The molecule has 15 heavy (non-hydrogen) atoms. The molecule has 0 radical (unpaired) electrons. The Morgan fingerprint density at radius 3 is 2.53 bits per heavy atom. The van der Waals surface area contributed by atoms with Crippen LogP contribution >= 0.6 is 15.9 Å². The molecule has 1 N–H and O–H groups in total. The van der Waals surface area contributed by atoms with Crippen molar-refractivity contribution in [3.05, 3.63) is 28.0 Å². The summed E-state index contributed by atoms with van der Waals surface area (Å²) in [5, 5.41) is 9.20. The summed E-state index contributed by atoms with van der Waals surface area (Å²) in [6.07, 6.45) is 0. The molecule has 0 heterocycles. The van der Waals surface area contributed by atoms with Crippen LogP contribution in [0.4, 0.5) is 4.39 Å². The van der Waals surface area contributed by atoms with E-state index in [-0.39, 0.29) is 12.4 Å². The van der Waals surface area contributed by atoms with Crippen molar-refractivity contribution >= 4 is 15.9 Å². The lowest BCUT2D eigenvalue weighted by Gasteiger charge is -2.24. The number of aliphatic hydroxyl groups is 1. The molecule has 0 fully saturated rings. The number of ether oxygens (including phenoxy) is 1. The summed E-state index contributed by atoms with van der Waals surface area (Å²) in [6.45, 7) is 3.43. The van der Waals surface area contributed by atoms with E-state index >= 15 is 0 Å². The van der Waals surface area contributed by atoms with E-state index in [1.807, 2.05) is 0 Å². The zero-order chi connectivity index (χ0) is 11.6. The van der Waals surface area contributed by atoms with E-state index in [0.29, 0.717) is 5.56 Å². The van der Waals surface area contributed by atoms with Gasteiger partial charge in [0, 0.05) is 15.5 Å². The molecule has 0 spiro atoms. The van der Waals surface area contributed by atoms with Crippen LogP contribution in [-0.4, -0.2) is 18.8 Å². The van der Waals surface area contributed by atoms with Gasteiger partial charge in [-0.1, -0.05) is 29.8 Å². The van der Waals surface area contributed by atoms with Crippen molar-refractivity contribution in [2.24, 2.45) is 0 Å². The molecule has 0 amide bonds. The van der Waals surface area contributed by atoms with E-state index in [1.165, 1.54) is 7.11 Å². The molecular formula is C11H14BrFO2. The minimum Gasteiger partial charge on any atom is -0.494 e. The lowest BCUT2D eigenvalue weighted by atomic mass is 9.85. The highest BCUT2D eigenvalue weighted by Crippen LogP contribution is 2.33. The summed E-state index contributed by atoms with van der Waals surface area (Å²) in [7, 11) is 1.42. The van der Waals surface area contributed by atoms with Crippen LogP contribution in [0.25, 0.3) is 0 Å². The second-order valence-electron chi connectivity index (χ2n) is 4.01. The van der Waals surface area contributed by atoms with Gasteiger partial charge in [-0.3, -0.25) is 0 Å². The minimum atomic E-state index is -0.624. The van der Waals surface area contributed by atoms with E-state index in [2.05, 4.69) is 15.9 Å². The summed E-state index contributed by atoms with van der Waals surface area (Å²) < 4.78 is 19.5. The van der Waals surface area contributed by atoms with Crippen molar-refractivity contribution in [3.8, 4) is 5.75 Å². The number of benzene rings is 1. The van der Waals surface area contributed by atoms with Crippen molar-refractivity contribution in [1.82, 2.24) is 0 Å². The Balaban J connectivity index is 3.35. The van der Waals surface area contributed by atoms with Crippen LogP contribution in [0.3, 0.4) is 0 Å². The summed E-state index contributed by atoms with van der Waals surface area (Å²) in [6, 6.07) is 3.22.